The van der Waals surface area contributed by atoms with Crippen LogP contribution in [0.2, 0.25) is 0 Å². The Morgan fingerprint density at radius 1 is 1.07 bits per heavy atom. The van der Waals surface area contributed by atoms with Gasteiger partial charge in [-0.25, -0.2) is 9.52 Å². The lowest BCUT2D eigenvalue weighted by atomic mass is 10.0. The Balaban J connectivity index is 1.26. The van der Waals surface area contributed by atoms with E-state index in [1.54, 1.807) is 12.1 Å². The minimum atomic E-state index is -4.13. The zero-order valence-corrected chi connectivity index (χ0v) is 32.8. The van der Waals surface area contributed by atoms with Crippen LogP contribution in [0.1, 0.15) is 77.3 Å². The maximum atomic E-state index is 14.2. The topological polar surface area (TPSA) is 181 Å². The number of fused-ring (bicyclic) bond motifs is 3. The Labute approximate surface area is 322 Å². The van der Waals surface area contributed by atoms with Gasteiger partial charge in [-0.05, 0) is 57.2 Å². The molecule has 0 unspecified atom stereocenters. The predicted octanol–water partition coefficient (Wildman–Crippen LogP) is 4.67. The number of carbonyl (C=O) groups is 4. The van der Waals surface area contributed by atoms with Crippen LogP contribution in [0.5, 0.6) is 6.01 Å². The molecule has 3 aromatic rings. The lowest BCUT2D eigenvalue weighted by Crippen LogP contribution is -2.57. The molecule has 0 bridgehead atoms. The lowest BCUT2D eigenvalue weighted by molar-refractivity contribution is -0.142. The third kappa shape index (κ3) is 8.80. The molecule has 2 aliphatic heterocycles. The number of nitrogens with zero attached hydrogens (tertiary/aromatic N) is 4. The normalized spacial score (nSPS) is 25.3. The molecule has 296 valence electrons. The van der Waals surface area contributed by atoms with Crippen molar-refractivity contribution >= 4 is 50.7 Å². The number of aromatic nitrogens is 2. The van der Waals surface area contributed by atoms with Crippen molar-refractivity contribution in [3.05, 3.63) is 66.2 Å². The molecule has 0 radical (unpaired) electrons. The molecule has 0 spiro atoms. The number of nitrogens with one attached hydrogen (secondary N) is 3. The van der Waals surface area contributed by atoms with E-state index in [2.05, 4.69) is 15.4 Å². The molecule has 55 heavy (non-hydrogen) atoms. The van der Waals surface area contributed by atoms with Crippen LogP contribution in [0.3, 0.4) is 0 Å². The molecule has 1 saturated carbocycles. The van der Waals surface area contributed by atoms with Crippen molar-refractivity contribution in [1.82, 2.24) is 28.8 Å². The fraction of sp³-hybridized carbons (Fsp3) is 0.513. The summed E-state index contributed by atoms with van der Waals surface area (Å²) in [7, 11) is -1.52. The summed E-state index contributed by atoms with van der Waals surface area (Å²) >= 11 is 0. The van der Waals surface area contributed by atoms with E-state index in [4.69, 9.17) is 14.5 Å². The third-order valence-electron chi connectivity index (χ3n) is 10.5. The van der Waals surface area contributed by atoms with Crippen molar-refractivity contribution in [2.45, 2.75) is 96.1 Å². The third-order valence-corrected chi connectivity index (χ3v) is 11.9. The van der Waals surface area contributed by atoms with Gasteiger partial charge in [-0.3, -0.25) is 24.3 Å². The number of hydrogen-bond acceptors (Lipinski definition) is 9. The van der Waals surface area contributed by atoms with Gasteiger partial charge >= 0.3 is 16.3 Å². The quantitative estimate of drug-likeness (QED) is 0.260. The number of imidazole rings is 1. The first-order valence-corrected chi connectivity index (χ1v) is 20.3. The molecule has 2 fully saturated rings. The van der Waals surface area contributed by atoms with E-state index in [9.17, 15) is 27.6 Å². The zero-order chi connectivity index (χ0) is 39.5. The van der Waals surface area contributed by atoms with Gasteiger partial charge in [0.05, 0.1) is 17.7 Å². The van der Waals surface area contributed by atoms with Gasteiger partial charge in [0.15, 0.2) is 0 Å². The van der Waals surface area contributed by atoms with E-state index in [-0.39, 0.29) is 49.9 Å². The van der Waals surface area contributed by atoms with E-state index in [1.165, 1.54) is 19.0 Å². The number of benzene rings is 2. The number of ether oxygens (including phenoxy) is 2. The number of hydrogen-bond donors (Lipinski definition) is 3. The number of para-hydroxylation sites is 1. The van der Waals surface area contributed by atoms with Gasteiger partial charge in [-0.1, -0.05) is 68.3 Å². The maximum Gasteiger partial charge on any atom is 0.412 e. The predicted molar refractivity (Wildman–Crippen MR) is 206 cm³/mol. The van der Waals surface area contributed by atoms with Crippen LogP contribution >= 0.6 is 0 Å². The summed E-state index contributed by atoms with van der Waals surface area (Å²) in [5.41, 5.74) is 0.962. The van der Waals surface area contributed by atoms with Crippen LogP contribution in [-0.4, -0.2) is 89.3 Å². The van der Waals surface area contributed by atoms with Gasteiger partial charge in [-0.2, -0.15) is 17.7 Å². The van der Waals surface area contributed by atoms with Crippen molar-refractivity contribution < 1.29 is 37.1 Å². The standard InChI is InChI=1S/C39H51N7O8S/c1-25(2)46-31-20-14-19-30(40-38(50)53-24-27-16-11-9-12-17-27)33(31)41-37(46)54-29-21-32-34(47)42-39(36(49)43-55(51,52)44(4)5)22-28(39)18-13-8-6-7-10-15-26(3)35(48)45(32)23-29/h9,11-14,16-20,25-26,28-29,32H,6-8,10,15,21-24H2,1-5H3,(H,40,50)(H,42,47)(H,43,49)/b18-13-/t26-,28+,29+,32-,39+/m0/s1. The molecule has 4 amide bonds. The average Bonchev–Trinajstić information content (AvgIpc) is 3.46. The van der Waals surface area contributed by atoms with E-state index < -0.39 is 51.7 Å². The summed E-state index contributed by atoms with van der Waals surface area (Å²) in [6.45, 7) is 6.00. The second-order valence-corrected chi connectivity index (χ2v) is 17.0. The van der Waals surface area contributed by atoms with Crippen molar-refractivity contribution in [1.29, 1.82) is 0 Å². The molecule has 3 aliphatic rings. The second-order valence-electron chi connectivity index (χ2n) is 15.2. The van der Waals surface area contributed by atoms with E-state index >= 15 is 0 Å². The fourth-order valence-corrected chi connectivity index (χ4v) is 7.91. The lowest BCUT2D eigenvalue weighted by Gasteiger charge is -2.28. The SMILES string of the molecule is CC(C)n1c(O[C@@H]2C[C@H]3C(=O)N[C@]4(C(=O)NS(=O)(=O)N(C)C)C[C@H]4/C=C\CCCCC[C@H](C)C(=O)N3C2)nc2c(NC(=O)OCc3ccccc3)cccc21. The van der Waals surface area contributed by atoms with Crippen molar-refractivity contribution in [2.24, 2.45) is 11.8 Å². The van der Waals surface area contributed by atoms with Crippen LogP contribution in [0.15, 0.2) is 60.7 Å². The fourth-order valence-electron chi connectivity index (χ4n) is 7.31. The van der Waals surface area contributed by atoms with Crippen LogP contribution < -0.4 is 20.1 Å². The highest BCUT2D eigenvalue weighted by molar-refractivity contribution is 7.87. The molecule has 3 heterocycles. The molecular weight excluding hydrogens is 727 g/mol. The van der Waals surface area contributed by atoms with Crippen molar-refractivity contribution in [3.8, 4) is 6.01 Å². The highest BCUT2D eigenvalue weighted by atomic mass is 32.2. The van der Waals surface area contributed by atoms with Gasteiger partial charge in [0.25, 0.3) is 11.9 Å². The summed E-state index contributed by atoms with van der Waals surface area (Å²) in [6.07, 6.45) is 6.96. The molecule has 1 aromatic heterocycles. The first-order valence-electron chi connectivity index (χ1n) is 18.9. The molecule has 2 aromatic carbocycles. The zero-order valence-electron chi connectivity index (χ0n) is 32.0. The molecule has 5 atom stereocenters. The summed E-state index contributed by atoms with van der Waals surface area (Å²) in [6, 6.07) is 13.9. The molecule has 3 N–H and O–H groups in total. The van der Waals surface area contributed by atoms with Crippen molar-refractivity contribution in [2.75, 3.05) is 26.0 Å². The number of amides is 4. The highest BCUT2D eigenvalue weighted by Crippen LogP contribution is 2.46. The molecule has 15 nitrogen and oxygen atoms in total. The summed E-state index contributed by atoms with van der Waals surface area (Å²) in [4.78, 5) is 61.0. The van der Waals surface area contributed by atoms with Gasteiger partial charge in [0, 0.05) is 38.4 Å². The highest BCUT2D eigenvalue weighted by Gasteiger charge is 2.61. The molecule has 1 saturated heterocycles. The monoisotopic (exact) mass is 777 g/mol. The number of allylic oxidation sites excluding steroid dienone is 1. The Hall–Kier alpha value is -4.96. The number of anilines is 1. The van der Waals surface area contributed by atoms with Crippen LogP contribution in [0, 0.1) is 11.8 Å². The molecular formula is C39H51N7O8S. The average molecular weight is 778 g/mol. The van der Waals surface area contributed by atoms with Crippen LogP contribution in [-0.2, 0) is 35.9 Å². The van der Waals surface area contributed by atoms with Gasteiger partial charge in [-0.15, -0.1) is 0 Å². The van der Waals surface area contributed by atoms with Crippen molar-refractivity contribution in [3.63, 3.8) is 0 Å². The van der Waals surface area contributed by atoms with E-state index in [1.807, 2.05) is 73.9 Å². The maximum absolute atomic E-state index is 14.2. The van der Waals surface area contributed by atoms with Gasteiger partial charge in [0.1, 0.15) is 29.8 Å². The first-order chi connectivity index (χ1) is 26.2. The largest absolute Gasteiger partial charge is 0.459 e. The Morgan fingerprint density at radius 3 is 2.56 bits per heavy atom. The van der Waals surface area contributed by atoms with E-state index in [0.29, 0.717) is 23.1 Å². The van der Waals surface area contributed by atoms with E-state index in [0.717, 1.165) is 35.6 Å². The second kappa shape index (κ2) is 16.4. The number of carbonyl (C=O) groups excluding carboxylic acids is 4. The molecule has 6 rings (SSSR count). The summed E-state index contributed by atoms with van der Waals surface area (Å²) in [5, 5.41) is 5.68. The first kappa shape index (κ1) is 39.7. The number of rotatable bonds is 9. The van der Waals surface area contributed by atoms with Gasteiger partial charge < -0.3 is 19.7 Å². The Kier molecular flexibility index (Phi) is 11.9. The molecule has 16 heteroatoms. The van der Waals surface area contributed by atoms with Gasteiger partial charge in [0.2, 0.25) is 11.8 Å². The minimum Gasteiger partial charge on any atom is -0.459 e. The molecule has 1 aliphatic carbocycles. The summed E-state index contributed by atoms with van der Waals surface area (Å²) in [5.74, 6) is -2.36. The Morgan fingerprint density at radius 2 is 1.84 bits per heavy atom. The van der Waals surface area contributed by atoms with Crippen LogP contribution in [0.4, 0.5) is 10.5 Å². The minimum absolute atomic E-state index is 0.0943. The Bertz CT molecular complexity index is 2050. The van der Waals surface area contributed by atoms with Crippen LogP contribution in [0.25, 0.3) is 11.0 Å². The summed E-state index contributed by atoms with van der Waals surface area (Å²) < 4.78 is 42.2. The smallest absolute Gasteiger partial charge is 0.412 e.